The van der Waals surface area contributed by atoms with Crippen LogP contribution in [0.2, 0.25) is 0 Å². The largest absolute Gasteiger partial charge is 0.456 e. The number of imidazole rings is 2. The van der Waals surface area contributed by atoms with E-state index in [1.165, 1.54) is 0 Å². The van der Waals surface area contributed by atoms with Gasteiger partial charge in [0, 0.05) is 91.7 Å². The van der Waals surface area contributed by atoms with Gasteiger partial charge in [0.05, 0.1) is 22.8 Å². The number of anilines is 6. The summed E-state index contributed by atoms with van der Waals surface area (Å²) in [6.07, 6.45) is 4.16. The molecule has 13 rings (SSSR count). The van der Waals surface area contributed by atoms with E-state index >= 15 is 0 Å². The van der Waals surface area contributed by atoms with Gasteiger partial charge in [-0.3, -0.25) is 8.80 Å². The molecule has 0 saturated carbocycles. The second-order valence-corrected chi connectivity index (χ2v) is 17.1. The van der Waals surface area contributed by atoms with Crippen molar-refractivity contribution in [3.05, 3.63) is 255 Å². The van der Waals surface area contributed by atoms with Crippen LogP contribution in [0.15, 0.2) is 259 Å². The Morgan fingerprint density at radius 3 is 1.06 bits per heavy atom. The molecule has 5 heterocycles. The lowest BCUT2D eigenvalue weighted by Gasteiger charge is -2.25. The number of fused-ring (bicyclic) bond motifs is 5. The van der Waals surface area contributed by atoms with E-state index in [0.29, 0.717) is 0 Å². The highest BCUT2D eigenvalue weighted by molar-refractivity contribution is 6.07. The lowest BCUT2D eigenvalue weighted by Crippen LogP contribution is -2.09. The van der Waals surface area contributed by atoms with Crippen LogP contribution >= 0.6 is 0 Å². The Morgan fingerprint density at radius 2 is 0.652 bits per heavy atom. The molecular formula is C62H42N6O. The van der Waals surface area contributed by atoms with Gasteiger partial charge in [0.25, 0.3) is 0 Å². The van der Waals surface area contributed by atoms with Crippen molar-refractivity contribution in [2.75, 3.05) is 9.80 Å². The maximum absolute atomic E-state index is 6.83. The molecule has 0 saturated heterocycles. The van der Waals surface area contributed by atoms with Crippen molar-refractivity contribution in [3.63, 3.8) is 0 Å². The van der Waals surface area contributed by atoms with Crippen LogP contribution in [-0.2, 0) is 0 Å². The van der Waals surface area contributed by atoms with E-state index in [9.17, 15) is 0 Å². The number of hydrogen-bond acceptors (Lipinski definition) is 5. The summed E-state index contributed by atoms with van der Waals surface area (Å²) in [5.41, 5.74) is 17.9. The van der Waals surface area contributed by atoms with Gasteiger partial charge >= 0.3 is 0 Å². The summed E-state index contributed by atoms with van der Waals surface area (Å²) in [7, 11) is 0. The van der Waals surface area contributed by atoms with Crippen LogP contribution in [0.25, 0.3) is 78.3 Å². The molecule has 0 aliphatic rings. The number of nitrogens with zero attached hydrogens (tertiary/aromatic N) is 6. The smallest absolute Gasteiger partial charge is 0.137 e. The van der Waals surface area contributed by atoms with E-state index in [4.69, 9.17) is 14.4 Å². The number of para-hydroxylation sites is 2. The second kappa shape index (κ2) is 16.8. The molecule has 7 heteroatoms. The van der Waals surface area contributed by atoms with Gasteiger partial charge in [0.1, 0.15) is 22.5 Å². The maximum Gasteiger partial charge on any atom is 0.137 e. The molecule has 13 aromatic rings. The molecular weight excluding hydrogens is 845 g/mol. The fourth-order valence-corrected chi connectivity index (χ4v) is 9.76. The van der Waals surface area contributed by atoms with Gasteiger partial charge in [-0.15, -0.1) is 0 Å². The maximum atomic E-state index is 6.83. The highest BCUT2D eigenvalue weighted by Gasteiger charge is 2.21. The number of pyridine rings is 2. The zero-order valence-corrected chi connectivity index (χ0v) is 37.3. The molecule has 0 fully saturated rings. The van der Waals surface area contributed by atoms with Gasteiger partial charge in [-0.25, -0.2) is 9.97 Å². The number of benzene rings is 8. The molecule has 8 aromatic carbocycles. The van der Waals surface area contributed by atoms with Crippen LogP contribution in [0.4, 0.5) is 34.1 Å². The zero-order valence-electron chi connectivity index (χ0n) is 37.3. The zero-order chi connectivity index (χ0) is 45.7. The van der Waals surface area contributed by atoms with Gasteiger partial charge in [-0.1, -0.05) is 133 Å². The summed E-state index contributed by atoms with van der Waals surface area (Å²) in [4.78, 5) is 14.8. The van der Waals surface area contributed by atoms with Crippen LogP contribution < -0.4 is 9.80 Å². The summed E-state index contributed by atoms with van der Waals surface area (Å²) in [5, 5.41) is 2.11. The van der Waals surface area contributed by atoms with E-state index < -0.39 is 0 Å². The fraction of sp³-hybridized carbons (Fsp3) is 0. The van der Waals surface area contributed by atoms with Crippen molar-refractivity contribution in [1.29, 1.82) is 0 Å². The molecule has 5 aromatic heterocycles. The minimum Gasteiger partial charge on any atom is -0.456 e. The van der Waals surface area contributed by atoms with Crippen LogP contribution in [0.1, 0.15) is 0 Å². The number of furan rings is 1. The van der Waals surface area contributed by atoms with Gasteiger partial charge < -0.3 is 14.2 Å². The molecule has 0 radical (unpaired) electrons. The SMILES string of the molecule is c1ccc(-c2c(-c3ccc(N(c4ccccc4)c4ccc5c(c4)oc4cc(N(c6ccccc6)c6ccc(-c7nc8ccccn8c7-c7ccccc7)cc6)ccc45)cc3)nc3ccccn23)cc1. The van der Waals surface area contributed by atoms with Crippen molar-refractivity contribution < 1.29 is 4.42 Å². The molecule has 0 atom stereocenters. The molecule has 0 N–H and O–H groups in total. The molecule has 7 nitrogen and oxygen atoms in total. The van der Waals surface area contributed by atoms with E-state index in [-0.39, 0.29) is 0 Å². The minimum absolute atomic E-state index is 0.812. The van der Waals surface area contributed by atoms with E-state index in [1.807, 2.05) is 24.3 Å². The van der Waals surface area contributed by atoms with E-state index in [1.54, 1.807) is 0 Å². The Morgan fingerprint density at radius 1 is 0.304 bits per heavy atom. The third-order valence-electron chi connectivity index (χ3n) is 12.9. The van der Waals surface area contributed by atoms with Crippen molar-refractivity contribution in [1.82, 2.24) is 18.8 Å². The van der Waals surface area contributed by atoms with Gasteiger partial charge in [-0.05, 0) is 97.1 Å². The summed E-state index contributed by atoms with van der Waals surface area (Å²) in [6, 6.07) is 84.7. The van der Waals surface area contributed by atoms with Crippen LogP contribution in [-0.4, -0.2) is 18.8 Å². The Bertz CT molecular complexity index is 3680. The van der Waals surface area contributed by atoms with E-state index in [2.05, 4.69) is 249 Å². The summed E-state index contributed by atoms with van der Waals surface area (Å²) in [6.45, 7) is 0. The molecule has 0 aliphatic carbocycles. The Hall–Kier alpha value is -9.46. The average Bonchev–Trinajstić information content (AvgIpc) is 4.12. The lowest BCUT2D eigenvalue weighted by atomic mass is 10.0. The number of rotatable bonds is 10. The standard InChI is InChI=1S/C62H42N6O/c1-5-17-45(18-6-1)61-59(63-57-25-13-15-39-65(57)61)43-27-31-49(32-28-43)67(47-21-9-3-10-22-47)51-35-37-53-54-38-36-52(42-56(54)69-55(53)41-51)68(48-23-11-4-12-24-48)50-33-29-44(30-34-50)60-62(46-19-7-2-8-20-46)66-40-16-14-26-58(66)64-60/h1-42H. The Kier molecular flexibility index (Phi) is 9.68. The van der Waals surface area contributed by atoms with Crippen LogP contribution in [0.3, 0.4) is 0 Å². The number of aromatic nitrogens is 4. The number of hydrogen-bond donors (Lipinski definition) is 0. The van der Waals surface area contributed by atoms with Crippen LogP contribution in [0.5, 0.6) is 0 Å². The minimum atomic E-state index is 0.812. The highest BCUT2D eigenvalue weighted by Crippen LogP contribution is 2.43. The van der Waals surface area contributed by atoms with Crippen molar-refractivity contribution in [2.24, 2.45) is 0 Å². The van der Waals surface area contributed by atoms with E-state index in [0.717, 1.165) is 112 Å². The van der Waals surface area contributed by atoms with Gasteiger partial charge in [-0.2, -0.15) is 0 Å². The highest BCUT2D eigenvalue weighted by atomic mass is 16.3. The van der Waals surface area contributed by atoms with Gasteiger partial charge in [0.2, 0.25) is 0 Å². The summed E-state index contributed by atoms with van der Waals surface area (Å²) in [5.74, 6) is 0. The average molecular weight is 887 g/mol. The fourth-order valence-electron chi connectivity index (χ4n) is 9.76. The normalized spacial score (nSPS) is 11.5. The van der Waals surface area contributed by atoms with Crippen molar-refractivity contribution in [2.45, 2.75) is 0 Å². The first kappa shape index (κ1) is 39.9. The molecule has 0 unspecified atom stereocenters. The Balaban J connectivity index is 0.864. The first-order valence-electron chi connectivity index (χ1n) is 23.1. The molecule has 0 amide bonds. The molecule has 69 heavy (non-hydrogen) atoms. The van der Waals surface area contributed by atoms with Crippen molar-refractivity contribution in [3.8, 4) is 45.0 Å². The summed E-state index contributed by atoms with van der Waals surface area (Å²) >= 11 is 0. The Labute approximate surface area is 398 Å². The molecule has 0 bridgehead atoms. The summed E-state index contributed by atoms with van der Waals surface area (Å²) < 4.78 is 11.2. The predicted molar refractivity (Wildman–Crippen MR) is 282 cm³/mol. The van der Waals surface area contributed by atoms with Crippen molar-refractivity contribution >= 4 is 67.4 Å². The molecule has 326 valence electrons. The monoisotopic (exact) mass is 886 g/mol. The van der Waals surface area contributed by atoms with Crippen LogP contribution in [0, 0.1) is 0 Å². The predicted octanol–water partition coefficient (Wildman–Crippen LogP) is 16.5. The second-order valence-electron chi connectivity index (χ2n) is 17.1. The molecule has 0 aliphatic heterocycles. The quantitative estimate of drug-likeness (QED) is 0.137. The lowest BCUT2D eigenvalue weighted by molar-refractivity contribution is 0.669. The van der Waals surface area contributed by atoms with Gasteiger partial charge in [0.15, 0.2) is 0 Å². The third-order valence-corrected chi connectivity index (χ3v) is 12.9. The first-order valence-corrected chi connectivity index (χ1v) is 23.1. The molecule has 0 spiro atoms. The third kappa shape index (κ3) is 7.08. The first-order chi connectivity index (χ1) is 34.2. The topological polar surface area (TPSA) is 54.2 Å².